The molecule has 1 aromatic carbocycles. The first kappa shape index (κ1) is 22.5. The average molecular weight is 468 g/mol. The summed E-state index contributed by atoms with van der Waals surface area (Å²) in [5.74, 6) is -0.816. The maximum atomic E-state index is 14.9. The molecule has 2 heterocycles. The Hall–Kier alpha value is -3.70. The Labute approximate surface area is 192 Å². The lowest BCUT2D eigenvalue weighted by Gasteiger charge is -2.32. The molecule has 11 heteroatoms. The Balaban J connectivity index is 1.61. The Morgan fingerprint density at radius 3 is 2.82 bits per heavy atom. The van der Waals surface area contributed by atoms with Crippen molar-refractivity contribution in [1.82, 2.24) is 9.97 Å². The summed E-state index contributed by atoms with van der Waals surface area (Å²) in [7, 11) is 0. The fourth-order valence-corrected chi connectivity index (χ4v) is 5.13. The Kier molecular flexibility index (Phi) is 5.46. The monoisotopic (exact) mass is 468 g/mol. The molecule has 0 unspecified atom stereocenters. The number of aromatic nitrogens is 2. The SMILES string of the molecule is C#C[C@H](C)Oc1cnc(C(=O)Nc2cc(F)c(F)c([C@]3(C)N=C(N)S[C@@]4(C#N)C[C@@H]34)c2)cn1. The number of thioether (sulfide) groups is 1. The molecule has 0 spiro atoms. The number of hydrogen-bond donors (Lipinski definition) is 2. The summed E-state index contributed by atoms with van der Waals surface area (Å²) >= 11 is 1.13. The Morgan fingerprint density at radius 2 is 2.18 bits per heavy atom. The molecule has 1 aliphatic carbocycles. The van der Waals surface area contributed by atoms with E-state index in [9.17, 15) is 18.8 Å². The number of halogens is 2. The van der Waals surface area contributed by atoms with Crippen LogP contribution >= 0.6 is 11.8 Å². The third kappa shape index (κ3) is 3.96. The number of aliphatic imine (C=N–C) groups is 1. The van der Waals surface area contributed by atoms with Crippen molar-refractivity contribution in [3.63, 3.8) is 0 Å². The topological polar surface area (TPSA) is 126 Å². The molecular formula is C22H18F2N6O2S. The summed E-state index contributed by atoms with van der Waals surface area (Å²) in [5, 5.41) is 12.2. The standard InChI is InChI=1S/C22H18F2N6O2S/c1-4-11(2)32-17-9-27-15(8-28-17)19(31)29-12-5-13(18(24)14(23)6-12)21(3)16-7-22(16,10-25)33-20(26)30-21/h1,5-6,8-9,11,16H,7H2,2-3H3,(H2,26,30)(H,29,31)/t11-,16-,21-,22+/m0/s1. The lowest BCUT2D eigenvalue weighted by Crippen LogP contribution is -2.35. The van der Waals surface area contributed by atoms with Gasteiger partial charge >= 0.3 is 0 Å². The largest absolute Gasteiger partial charge is 0.460 e. The highest BCUT2D eigenvalue weighted by atomic mass is 32.2. The molecule has 0 radical (unpaired) electrons. The first-order valence-electron chi connectivity index (χ1n) is 9.83. The van der Waals surface area contributed by atoms with Crippen molar-refractivity contribution in [2.24, 2.45) is 16.6 Å². The highest BCUT2D eigenvalue weighted by Gasteiger charge is 2.67. The zero-order chi connectivity index (χ0) is 24.0. The van der Waals surface area contributed by atoms with Crippen molar-refractivity contribution in [2.75, 3.05) is 5.32 Å². The van der Waals surface area contributed by atoms with Gasteiger partial charge in [0, 0.05) is 23.2 Å². The van der Waals surface area contributed by atoms with E-state index in [1.54, 1.807) is 13.8 Å². The highest BCUT2D eigenvalue weighted by molar-refractivity contribution is 8.15. The van der Waals surface area contributed by atoms with E-state index in [0.29, 0.717) is 6.42 Å². The number of carbonyl (C=O) groups is 1. The Morgan fingerprint density at radius 1 is 1.42 bits per heavy atom. The maximum absolute atomic E-state index is 14.9. The number of carbonyl (C=O) groups excluding carboxylic acids is 1. The van der Waals surface area contributed by atoms with Gasteiger partial charge in [0.25, 0.3) is 5.91 Å². The zero-order valence-corrected chi connectivity index (χ0v) is 18.4. The van der Waals surface area contributed by atoms with E-state index < -0.39 is 33.9 Å². The molecule has 4 atom stereocenters. The van der Waals surface area contributed by atoms with Crippen molar-refractivity contribution in [3.8, 4) is 24.3 Å². The van der Waals surface area contributed by atoms with Crippen LogP contribution < -0.4 is 15.8 Å². The van der Waals surface area contributed by atoms with Crippen LogP contribution in [0.15, 0.2) is 29.5 Å². The predicted molar refractivity (Wildman–Crippen MR) is 118 cm³/mol. The number of terminal acetylenes is 1. The summed E-state index contributed by atoms with van der Waals surface area (Å²) < 4.78 is 33.8. The summed E-state index contributed by atoms with van der Waals surface area (Å²) in [4.78, 5) is 24.9. The molecule has 2 aliphatic rings. The van der Waals surface area contributed by atoms with Gasteiger partial charge in [0.1, 0.15) is 10.4 Å². The van der Waals surface area contributed by atoms with Crippen LogP contribution in [-0.4, -0.2) is 31.9 Å². The van der Waals surface area contributed by atoms with Gasteiger partial charge in [-0.05, 0) is 26.3 Å². The first-order chi connectivity index (χ1) is 15.6. The third-order valence-corrected chi connectivity index (χ3v) is 6.84. The summed E-state index contributed by atoms with van der Waals surface area (Å²) in [6.45, 7) is 3.25. The second-order valence-corrected chi connectivity index (χ2v) is 9.25. The van der Waals surface area contributed by atoms with Crippen molar-refractivity contribution < 1.29 is 18.3 Å². The minimum absolute atomic E-state index is 0.00610. The highest BCUT2D eigenvalue weighted by Crippen LogP contribution is 2.65. The number of amides is 1. The number of nitriles is 1. The lowest BCUT2D eigenvalue weighted by molar-refractivity contribution is 0.102. The van der Waals surface area contributed by atoms with Crippen molar-refractivity contribution in [1.29, 1.82) is 5.26 Å². The average Bonchev–Trinajstić information content (AvgIpc) is 3.52. The van der Waals surface area contributed by atoms with Crippen molar-refractivity contribution in [3.05, 3.63) is 47.4 Å². The number of amidine groups is 1. The molecule has 1 aromatic heterocycles. The maximum Gasteiger partial charge on any atom is 0.275 e. The van der Waals surface area contributed by atoms with Gasteiger partial charge < -0.3 is 15.8 Å². The number of nitrogens with two attached hydrogens (primary N) is 1. The van der Waals surface area contributed by atoms with E-state index in [4.69, 9.17) is 16.9 Å². The first-order valence-corrected chi connectivity index (χ1v) is 10.6. The van der Waals surface area contributed by atoms with Crippen LogP contribution in [0.4, 0.5) is 14.5 Å². The number of fused-ring (bicyclic) bond motifs is 1. The van der Waals surface area contributed by atoms with E-state index in [1.807, 2.05) is 0 Å². The van der Waals surface area contributed by atoms with Gasteiger partial charge in [-0.3, -0.25) is 9.79 Å². The van der Waals surface area contributed by atoms with Crippen LogP contribution in [0, 0.1) is 41.2 Å². The number of benzene rings is 1. The predicted octanol–water partition coefficient (Wildman–Crippen LogP) is 2.97. The van der Waals surface area contributed by atoms with Gasteiger partial charge in [-0.15, -0.1) is 6.42 Å². The fraction of sp³-hybridized carbons (Fsp3) is 0.318. The molecule has 1 saturated carbocycles. The molecule has 2 aromatic rings. The Bertz CT molecular complexity index is 1260. The van der Waals surface area contributed by atoms with Gasteiger partial charge in [-0.2, -0.15) is 5.26 Å². The van der Waals surface area contributed by atoms with Crippen LogP contribution in [0.3, 0.4) is 0 Å². The minimum atomic E-state index is -1.26. The molecule has 3 N–H and O–H groups in total. The summed E-state index contributed by atoms with van der Waals surface area (Å²) in [6.07, 6.45) is 7.55. The van der Waals surface area contributed by atoms with E-state index in [1.165, 1.54) is 18.5 Å². The lowest BCUT2D eigenvalue weighted by atomic mass is 9.85. The van der Waals surface area contributed by atoms with Gasteiger partial charge in [-0.25, -0.2) is 18.7 Å². The molecular weight excluding hydrogens is 450 g/mol. The van der Waals surface area contributed by atoms with Crippen LogP contribution in [0.25, 0.3) is 0 Å². The van der Waals surface area contributed by atoms with Gasteiger partial charge in [0.2, 0.25) is 5.88 Å². The van der Waals surface area contributed by atoms with Gasteiger partial charge in [-0.1, -0.05) is 17.7 Å². The second kappa shape index (κ2) is 8.01. The van der Waals surface area contributed by atoms with Crippen molar-refractivity contribution in [2.45, 2.75) is 36.7 Å². The van der Waals surface area contributed by atoms with E-state index in [0.717, 1.165) is 17.8 Å². The molecule has 1 aliphatic heterocycles. The number of ether oxygens (including phenoxy) is 1. The molecule has 33 heavy (non-hydrogen) atoms. The molecule has 168 valence electrons. The number of nitrogens with one attached hydrogen (secondary N) is 1. The summed E-state index contributed by atoms with van der Waals surface area (Å²) in [6, 6.07) is 4.36. The van der Waals surface area contributed by atoms with Crippen LogP contribution in [0.2, 0.25) is 0 Å². The smallest absolute Gasteiger partial charge is 0.275 e. The molecule has 0 saturated heterocycles. The van der Waals surface area contributed by atoms with Gasteiger partial charge in [0.15, 0.2) is 22.9 Å². The normalized spacial score (nSPS) is 26.1. The number of nitrogens with zero attached hydrogens (tertiary/aromatic N) is 4. The molecule has 8 nitrogen and oxygen atoms in total. The van der Waals surface area contributed by atoms with E-state index in [2.05, 4.69) is 32.3 Å². The molecule has 1 amide bonds. The van der Waals surface area contributed by atoms with Crippen LogP contribution in [0.5, 0.6) is 5.88 Å². The van der Waals surface area contributed by atoms with E-state index >= 15 is 0 Å². The molecule has 0 bridgehead atoms. The third-order valence-electron chi connectivity index (χ3n) is 5.63. The number of anilines is 1. The molecule has 1 fully saturated rings. The fourth-order valence-electron chi connectivity index (χ4n) is 3.85. The number of rotatable bonds is 5. The van der Waals surface area contributed by atoms with Crippen LogP contribution in [-0.2, 0) is 5.54 Å². The van der Waals surface area contributed by atoms with E-state index in [-0.39, 0.29) is 33.9 Å². The zero-order valence-electron chi connectivity index (χ0n) is 17.6. The van der Waals surface area contributed by atoms with Gasteiger partial charge in [0.05, 0.1) is 24.0 Å². The minimum Gasteiger partial charge on any atom is -0.460 e. The number of hydrogen-bond acceptors (Lipinski definition) is 8. The van der Waals surface area contributed by atoms with Crippen molar-refractivity contribution >= 4 is 28.5 Å². The second-order valence-electron chi connectivity index (χ2n) is 7.90. The van der Waals surface area contributed by atoms with Crippen LogP contribution in [0.1, 0.15) is 36.3 Å². The molecule has 4 rings (SSSR count). The summed E-state index contributed by atoms with van der Waals surface area (Å²) in [5.41, 5.74) is 4.46. The quantitative estimate of drug-likeness (QED) is 0.646.